The zero-order valence-electron chi connectivity index (χ0n) is 9.87. The first-order chi connectivity index (χ1) is 7.70. The molecule has 0 spiro atoms. The molecule has 1 rings (SSSR count). The van der Waals surface area contributed by atoms with Gasteiger partial charge in [0.1, 0.15) is 0 Å². The van der Waals surface area contributed by atoms with Crippen molar-refractivity contribution >= 4 is 17.7 Å². The summed E-state index contributed by atoms with van der Waals surface area (Å²) in [5.41, 5.74) is 0. The number of carbonyl (C=O) groups excluding carboxylic acids is 1. The average Bonchev–Trinajstić information content (AvgIpc) is 2.29. The molecule has 0 aromatic carbocycles. The van der Waals surface area contributed by atoms with Crippen LogP contribution < -0.4 is 10.6 Å². The van der Waals surface area contributed by atoms with Crippen LogP contribution in [0.2, 0.25) is 0 Å². The standard InChI is InChI=1S/C11H22N2O2S/c1-9(14)8-12-5-6-13-11(15)10-4-2-3-7-16-10/h9-10,12,14H,2-8H2,1H3,(H,13,15). The van der Waals surface area contributed by atoms with Gasteiger partial charge in [-0.05, 0) is 25.5 Å². The van der Waals surface area contributed by atoms with E-state index in [1.54, 1.807) is 18.7 Å². The van der Waals surface area contributed by atoms with Gasteiger partial charge in [-0.25, -0.2) is 0 Å². The summed E-state index contributed by atoms with van der Waals surface area (Å²) >= 11 is 1.77. The number of aliphatic hydroxyl groups excluding tert-OH is 1. The van der Waals surface area contributed by atoms with Crippen molar-refractivity contribution < 1.29 is 9.90 Å². The number of hydrogen-bond acceptors (Lipinski definition) is 4. The summed E-state index contributed by atoms with van der Waals surface area (Å²) in [7, 11) is 0. The van der Waals surface area contributed by atoms with E-state index in [0.29, 0.717) is 19.6 Å². The van der Waals surface area contributed by atoms with Crippen molar-refractivity contribution in [2.24, 2.45) is 0 Å². The molecule has 2 atom stereocenters. The molecule has 1 aliphatic rings. The molecule has 0 aromatic heterocycles. The molecule has 16 heavy (non-hydrogen) atoms. The van der Waals surface area contributed by atoms with Gasteiger partial charge in [0.2, 0.25) is 5.91 Å². The van der Waals surface area contributed by atoms with Gasteiger partial charge in [0, 0.05) is 19.6 Å². The molecular formula is C11H22N2O2S. The number of amides is 1. The summed E-state index contributed by atoms with van der Waals surface area (Å²) in [6.07, 6.45) is 3.09. The van der Waals surface area contributed by atoms with Crippen molar-refractivity contribution in [2.45, 2.75) is 37.5 Å². The molecule has 5 heteroatoms. The van der Waals surface area contributed by atoms with Crippen molar-refractivity contribution in [3.8, 4) is 0 Å². The fourth-order valence-electron chi connectivity index (χ4n) is 1.65. The Labute approximate surface area is 102 Å². The van der Waals surface area contributed by atoms with E-state index >= 15 is 0 Å². The topological polar surface area (TPSA) is 61.4 Å². The maximum absolute atomic E-state index is 11.7. The second-order valence-electron chi connectivity index (χ2n) is 4.20. The Balaban J connectivity index is 2.01. The molecule has 3 N–H and O–H groups in total. The summed E-state index contributed by atoms with van der Waals surface area (Å²) in [6.45, 7) is 3.68. The van der Waals surface area contributed by atoms with E-state index < -0.39 is 0 Å². The fraction of sp³-hybridized carbons (Fsp3) is 0.909. The van der Waals surface area contributed by atoms with Gasteiger partial charge >= 0.3 is 0 Å². The lowest BCUT2D eigenvalue weighted by atomic mass is 10.2. The minimum Gasteiger partial charge on any atom is -0.392 e. The van der Waals surface area contributed by atoms with E-state index in [2.05, 4.69) is 10.6 Å². The second kappa shape index (κ2) is 7.92. The van der Waals surface area contributed by atoms with Crippen molar-refractivity contribution in [1.29, 1.82) is 0 Å². The van der Waals surface area contributed by atoms with Gasteiger partial charge in [0.25, 0.3) is 0 Å². The third-order valence-electron chi connectivity index (χ3n) is 2.51. The minimum atomic E-state index is -0.329. The lowest BCUT2D eigenvalue weighted by Crippen LogP contribution is -2.39. The molecule has 0 aliphatic carbocycles. The Kier molecular flexibility index (Phi) is 6.84. The van der Waals surface area contributed by atoms with Gasteiger partial charge in [-0.15, -0.1) is 11.8 Å². The molecule has 1 aliphatic heterocycles. The van der Waals surface area contributed by atoms with Crippen LogP contribution in [0, 0.1) is 0 Å². The Bertz CT molecular complexity index is 206. The summed E-state index contributed by atoms with van der Waals surface area (Å²) in [5, 5.41) is 15.2. The number of hydrogen-bond donors (Lipinski definition) is 3. The predicted molar refractivity (Wildman–Crippen MR) is 67.7 cm³/mol. The third-order valence-corrected chi connectivity index (χ3v) is 3.89. The summed E-state index contributed by atoms with van der Waals surface area (Å²) in [6, 6.07) is 0. The van der Waals surface area contributed by atoms with Gasteiger partial charge in [0.15, 0.2) is 0 Å². The molecule has 94 valence electrons. The van der Waals surface area contributed by atoms with Crippen LogP contribution >= 0.6 is 11.8 Å². The molecule has 0 radical (unpaired) electrons. The number of nitrogens with one attached hydrogen (secondary N) is 2. The highest BCUT2D eigenvalue weighted by atomic mass is 32.2. The molecule has 1 saturated heterocycles. The van der Waals surface area contributed by atoms with Crippen molar-refractivity contribution in [3.05, 3.63) is 0 Å². The zero-order valence-corrected chi connectivity index (χ0v) is 10.7. The first-order valence-corrected chi connectivity index (χ1v) is 7.03. The number of rotatable bonds is 6. The smallest absolute Gasteiger partial charge is 0.233 e. The van der Waals surface area contributed by atoms with Gasteiger partial charge in [-0.1, -0.05) is 6.42 Å². The Morgan fingerprint density at radius 2 is 2.31 bits per heavy atom. The monoisotopic (exact) mass is 246 g/mol. The van der Waals surface area contributed by atoms with Crippen LogP contribution in [0.25, 0.3) is 0 Å². The van der Waals surface area contributed by atoms with Crippen molar-refractivity contribution in [1.82, 2.24) is 10.6 Å². The number of aliphatic hydroxyl groups is 1. The maximum atomic E-state index is 11.7. The largest absolute Gasteiger partial charge is 0.392 e. The quantitative estimate of drug-likeness (QED) is 0.592. The lowest BCUT2D eigenvalue weighted by Gasteiger charge is -2.20. The Hall–Kier alpha value is -0.260. The summed E-state index contributed by atoms with van der Waals surface area (Å²) in [4.78, 5) is 11.7. The maximum Gasteiger partial charge on any atom is 0.233 e. The zero-order chi connectivity index (χ0) is 11.8. The third kappa shape index (κ3) is 5.72. The van der Waals surface area contributed by atoms with Crippen molar-refractivity contribution in [3.63, 3.8) is 0 Å². The number of carbonyl (C=O) groups is 1. The van der Waals surface area contributed by atoms with E-state index in [1.807, 2.05) is 0 Å². The first kappa shape index (κ1) is 13.8. The first-order valence-electron chi connectivity index (χ1n) is 5.98. The van der Waals surface area contributed by atoms with Gasteiger partial charge in [0.05, 0.1) is 11.4 Å². The van der Waals surface area contributed by atoms with Crippen LogP contribution in [0.4, 0.5) is 0 Å². The van der Waals surface area contributed by atoms with Crippen LogP contribution in [-0.2, 0) is 4.79 Å². The minimum absolute atomic E-state index is 0.158. The Morgan fingerprint density at radius 3 is 2.94 bits per heavy atom. The highest BCUT2D eigenvalue weighted by molar-refractivity contribution is 8.00. The molecular weight excluding hydrogens is 224 g/mol. The van der Waals surface area contributed by atoms with Crippen LogP contribution in [0.5, 0.6) is 0 Å². The predicted octanol–water partition coefficient (Wildman–Crippen LogP) is 0.359. The van der Waals surface area contributed by atoms with E-state index in [0.717, 1.165) is 12.2 Å². The summed E-state index contributed by atoms with van der Waals surface area (Å²) < 4.78 is 0. The molecule has 0 aromatic rings. The molecule has 0 bridgehead atoms. The fourth-order valence-corrected chi connectivity index (χ4v) is 2.87. The summed E-state index contributed by atoms with van der Waals surface area (Å²) in [5.74, 6) is 1.28. The average molecular weight is 246 g/mol. The number of thioether (sulfide) groups is 1. The normalized spacial score (nSPS) is 22.8. The molecule has 1 heterocycles. The second-order valence-corrected chi connectivity index (χ2v) is 5.51. The molecule has 4 nitrogen and oxygen atoms in total. The SMILES string of the molecule is CC(O)CNCCNC(=O)C1CCCCS1. The van der Waals surface area contributed by atoms with E-state index in [-0.39, 0.29) is 17.3 Å². The van der Waals surface area contributed by atoms with Gasteiger partial charge < -0.3 is 15.7 Å². The van der Waals surface area contributed by atoms with Gasteiger partial charge in [-0.2, -0.15) is 0 Å². The van der Waals surface area contributed by atoms with E-state index in [4.69, 9.17) is 5.11 Å². The van der Waals surface area contributed by atoms with Crippen LogP contribution in [-0.4, -0.2) is 47.8 Å². The molecule has 1 amide bonds. The highest BCUT2D eigenvalue weighted by Gasteiger charge is 2.20. The van der Waals surface area contributed by atoms with Crippen molar-refractivity contribution in [2.75, 3.05) is 25.4 Å². The van der Waals surface area contributed by atoms with Gasteiger partial charge in [-0.3, -0.25) is 4.79 Å². The molecule has 1 fully saturated rings. The van der Waals surface area contributed by atoms with E-state index in [9.17, 15) is 4.79 Å². The van der Waals surface area contributed by atoms with E-state index in [1.165, 1.54) is 12.8 Å². The Morgan fingerprint density at radius 1 is 1.50 bits per heavy atom. The molecule has 2 unspecified atom stereocenters. The lowest BCUT2D eigenvalue weighted by molar-refractivity contribution is -0.120. The van der Waals surface area contributed by atoms with Crippen LogP contribution in [0.1, 0.15) is 26.2 Å². The van der Waals surface area contributed by atoms with Crippen LogP contribution in [0.15, 0.2) is 0 Å². The van der Waals surface area contributed by atoms with Crippen LogP contribution in [0.3, 0.4) is 0 Å². The molecule has 0 saturated carbocycles. The highest BCUT2D eigenvalue weighted by Crippen LogP contribution is 2.24.